The molecule has 0 saturated heterocycles. The van der Waals surface area contributed by atoms with Gasteiger partial charge in [-0.05, 0) is 42.5 Å². The number of hydrogen-bond acceptors (Lipinski definition) is 5. The number of halogens is 1. The second-order valence-electron chi connectivity index (χ2n) is 4.25. The molecule has 0 aliphatic carbocycles. The summed E-state index contributed by atoms with van der Waals surface area (Å²) in [6.07, 6.45) is 0. The molecule has 0 bridgehead atoms. The van der Waals surface area contributed by atoms with Gasteiger partial charge in [-0.3, -0.25) is 0 Å². The van der Waals surface area contributed by atoms with Crippen LogP contribution in [0.15, 0.2) is 56.7 Å². The van der Waals surface area contributed by atoms with Crippen molar-refractivity contribution < 1.29 is 19.1 Å². The molecule has 0 aliphatic rings. The van der Waals surface area contributed by atoms with E-state index >= 15 is 0 Å². The molecule has 2 rings (SSSR count). The number of benzene rings is 2. The third-order valence-corrected chi connectivity index (χ3v) is 4.46. The maximum atomic E-state index is 11.9. The molecule has 6 heteroatoms. The first-order valence-corrected chi connectivity index (χ1v) is 7.90. The van der Waals surface area contributed by atoms with E-state index in [-0.39, 0.29) is 0 Å². The van der Waals surface area contributed by atoms with Crippen molar-refractivity contribution >= 4 is 39.6 Å². The van der Waals surface area contributed by atoms with Gasteiger partial charge in [0.1, 0.15) is 0 Å². The second-order valence-corrected chi connectivity index (χ2v) is 6.28. The van der Waals surface area contributed by atoms with Crippen LogP contribution in [0.3, 0.4) is 0 Å². The van der Waals surface area contributed by atoms with Crippen molar-refractivity contribution in [1.82, 2.24) is 0 Å². The molecular formula is C16H13BrO4S. The number of methoxy groups -OCH3 is 2. The first-order valence-electron chi connectivity index (χ1n) is 6.29. The highest BCUT2D eigenvalue weighted by atomic mass is 79.9. The summed E-state index contributed by atoms with van der Waals surface area (Å²) in [4.78, 5) is 25.2. The molecule has 22 heavy (non-hydrogen) atoms. The lowest BCUT2D eigenvalue weighted by Gasteiger charge is -2.09. The van der Waals surface area contributed by atoms with Crippen LogP contribution in [0.25, 0.3) is 0 Å². The van der Waals surface area contributed by atoms with Gasteiger partial charge in [-0.2, -0.15) is 0 Å². The molecule has 0 fully saturated rings. The van der Waals surface area contributed by atoms with Crippen molar-refractivity contribution in [3.05, 3.63) is 58.1 Å². The van der Waals surface area contributed by atoms with E-state index in [0.29, 0.717) is 16.0 Å². The number of ether oxygens (including phenoxy) is 2. The van der Waals surface area contributed by atoms with Crippen LogP contribution < -0.4 is 0 Å². The fourth-order valence-corrected chi connectivity index (χ4v) is 2.94. The zero-order chi connectivity index (χ0) is 16.1. The average Bonchev–Trinajstić information content (AvgIpc) is 2.55. The Morgan fingerprint density at radius 2 is 1.59 bits per heavy atom. The van der Waals surface area contributed by atoms with Gasteiger partial charge in [0.05, 0.1) is 25.3 Å². The summed E-state index contributed by atoms with van der Waals surface area (Å²) in [5, 5.41) is 0. The van der Waals surface area contributed by atoms with Crippen LogP contribution in [0.1, 0.15) is 20.7 Å². The normalized spacial score (nSPS) is 10.1. The van der Waals surface area contributed by atoms with E-state index in [1.165, 1.54) is 32.0 Å². The first kappa shape index (κ1) is 16.6. The number of esters is 2. The maximum absolute atomic E-state index is 11.9. The molecule has 0 saturated carbocycles. The Hall–Kier alpha value is -1.79. The van der Waals surface area contributed by atoms with Crippen molar-refractivity contribution in [3.63, 3.8) is 0 Å². The summed E-state index contributed by atoms with van der Waals surface area (Å²) in [6.45, 7) is 0. The fourth-order valence-electron chi connectivity index (χ4n) is 1.76. The molecule has 0 spiro atoms. The smallest absolute Gasteiger partial charge is 0.339 e. The Balaban J connectivity index is 2.39. The first-order chi connectivity index (χ1) is 10.5. The Kier molecular flexibility index (Phi) is 5.63. The van der Waals surface area contributed by atoms with E-state index in [9.17, 15) is 9.59 Å². The monoisotopic (exact) mass is 380 g/mol. The van der Waals surface area contributed by atoms with Crippen LogP contribution in [-0.4, -0.2) is 26.2 Å². The van der Waals surface area contributed by atoms with Crippen molar-refractivity contribution in [2.75, 3.05) is 14.2 Å². The van der Waals surface area contributed by atoms with E-state index in [1.807, 2.05) is 24.3 Å². The minimum atomic E-state index is -0.495. The zero-order valence-electron chi connectivity index (χ0n) is 12.0. The van der Waals surface area contributed by atoms with Gasteiger partial charge < -0.3 is 9.47 Å². The van der Waals surface area contributed by atoms with Gasteiger partial charge in [0, 0.05) is 14.3 Å². The number of hydrogen-bond donors (Lipinski definition) is 0. The van der Waals surface area contributed by atoms with Crippen LogP contribution in [0.5, 0.6) is 0 Å². The zero-order valence-corrected chi connectivity index (χ0v) is 14.4. The van der Waals surface area contributed by atoms with E-state index in [0.717, 1.165) is 9.37 Å². The van der Waals surface area contributed by atoms with Crippen LogP contribution in [0, 0.1) is 0 Å². The maximum Gasteiger partial charge on any atom is 0.339 e. The molecule has 0 heterocycles. The summed E-state index contributed by atoms with van der Waals surface area (Å²) in [5.41, 5.74) is 0.640. The Morgan fingerprint density at radius 1 is 0.955 bits per heavy atom. The highest BCUT2D eigenvalue weighted by Gasteiger charge is 2.16. The van der Waals surface area contributed by atoms with Gasteiger partial charge in [-0.15, -0.1) is 0 Å². The van der Waals surface area contributed by atoms with Crippen LogP contribution in [0.4, 0.5) is 0 Å². The third-order valence-electron chi connectivity index (χ3n) is 2.85. The molecule has 0 atom stereocenters. The van der Waals surface area contributed by atoms with Gasteiger partial charge >= 0.3 is 11.9 Å². The third kappa shape index (κ3) is 3.90. The Morgan fingerprint density at radius 3 is 2.18 bits per heavy atom. The molecule has 0 N–H and O–H groups in total. The highest BCUT2D eigenvalue weighted by Crippen LogP contribution is 2.32. The molecule has 2 aromatic carbocycles. The average molecular weight is 381 g/mol. The van der Waals surface area contributed by atoms with Gasteiger partial charge in [0.2, 0.25) is 0 Å². The van der Waals surface area contributed by atoms with Crippen LogP contribution in [0.2, 0.25) is 0 Å². The van der Waals surface area contributed by atoms with Gasteiger partial charge in [-0.25, -0.2) is 9.59 Å². The number of carbonyl (C=O) groups excluding carboxylic acids is 2. The highest BCUT2D eigenvalue weighted by molar-refractivity contribution is 9.10. The second kappa shape index (κ2) is 7.47. The topological polar surface area (TPSA) is 52.6 Å². The lowest BCUT2D eigenvalue weighted by Crippen LogP contribution is -2.07. The van der Waals surface area contributed by atoms with E-state index < -0.39 is 11.9 Å². The van der Waals surface area contributed by atoms with E-state index in [4.69, 9.17) is 4.74 Å². The lowest BCUT2D eigenvalue weighted by atomic mass is 10.1. The Labute approximate surface area is 140 Å². The van der Waals surface area contributed by atoms with Crippen molar-refractivity contribution in [2.45, 2.75) is 9.79 Å². The molecular weight excluding hydrogens is 368 g/mol. The van der Waals surface area contributed by atoms with Gasteiger partial charge in [0.15, 0.2) is 0 Å². The molecule has 114 valence electrons. The largest absolute Gasteiger partial charge is 0.465 e. The summed E-state index contributed by atoms with van der Waals surface area (Å²) in [7, 11) is 2.60. The van der Waals surface area contributed by atoms with Crippen LogP contribution >= 0.6 is 27.7 Å². The number of rotatable bonds is 4. The fraction of sp³-hybridized carbons (Fsp3) is 0.125. The molecule has 0 aromatic heterocycles. The standard InChI is InChI=1S/C16H13BrO4S/c1-20-15(18)10-3-8-14(13(9-10)16(19)21-2)22-12-6-4-11(17)5-7-12/h3-9H,1-2H3. The predicted octanol–water partition coefficient (Wildman–Crippen LogP) is 4.17. The van der Waals surface area contributed by atoms with Gasteiger partial charge in [0.25, 0.3) is 0 Å². The predicted molar refractivity (Wildman–Crippen MR) is 87.4 cm³/mol. The minimum absolute atomic E-state index is 0.308. The Bertz CT molecular complexity index is 698. The molecule has 2 aromatic rings. The number of carbonyl (C=O) groups is 2. The van der Waals surface area contributed by atoms with Crippen LogP contribution in [-0.2, 0) is 9.47 Å². The summed E-state index contributed by atoms with van der Waals surface area (Å²) in [6, 6.07) is 12.5. The SMILES string of the molecule is COC(=O)c1ccc(Sc2ccc(Br)cc2)c(C(=O)OC)c1. The van der Waals surface area contributed by atoms with E-state index in [1.54, 1.807) is 12.1 Å². The molecule has 0 radical (unpaired) electrons. The summed E-state index contributed by atoms with van der Waals surface area (Å²) < 4.78 is 10.4. The molecule has 0 unspecified atom stereocenters. The minimum Gasteiger partial charge on any atom is -0.465 e. The quantitative estimate of drug-likeness (QED) is 0.744. The van der Waals surface area contributed by atoms with Crippen molar-refractivity contribution in [1.29, 1.82) is 0 Å². The summed E-state index contributed by atoms with van der Waals surface area (Å²) >= 11 is 4.80. The van der Waals surface area contributed by atoms with Crippen molar-refractivity contribution in [2.24, 2.45) is 0 Å². The van der Waals surface area contributed by atoms with E-state index in [2.05, 4.69) is 20.7 Å². The molecule has 0 amide bonds. The molecule has 4 nitrogen and oxygen atoms in total. The summed E-state index contributed by atoms with van der Waals surface area (Å²) in [5.74, 6) is -0.990. The molecule has 0 aliphatic heterocycles. The van der Waals surface area contributed by atoms with Crippen molar-refractivity contribution in [3.8, 4) is 0 Å². The van der Waals surface area contributed by atoms with Gasteiger partial charge in [-0.1, -0.05) is 27.7 Å². The lowest BCUT2D eigenvalue weighted by molar-refractivity contribution is 0.0596.